The van der Waals surface area contributed by atoms with Crippen LogP contribution < -0.4 is 10.5 Å². The number of nitrogens with two attached hydrogens (primary N) is 1. The van der Waals surface area contributed by atoms with E-state index in [-0.39, 0.29) is 0 Å². The Balaban J connectivity index is 2.33. The smallest absolute Gasteiger partial charge is 0.149 e. The van der Waals surface area contributed by atoms with Crippen molar-refractivity contribution in [2.24, 2.45) is 0 Å². The summed E-state index contributed by atoms with van der Waals surface area (Å²) in [6, 6.07) is 7.75. The van der Waals surface area contributed by atoms with Crippen LogP contribution in [0.15, 0.2) is 30.5 Å². The van der Waals surface area contributed by atoms with E-state index in [0.29, 0.717) is 11.5 Å². The van der Waals surface area contributed by atoms with E-state index in [9.17, 15) is 0 Å². The second kappa shape index (κ2) is 5.81. The van der Waals surface area contributed by atoms with Gasteiger partial charge in [-0.2, -0.15) is 0 Å². The lowest BCUT2D eigenvalue weighted by Gasteiger charge is -2.03. The van der Waals surface area contributed by atoms with Gasteiger partial charge in [0.25, 0.3) is 0 Å². The molecule has 0 saturated heterocycles. The summed E-state index contributed by atoms with van der Waals surface area (Å²) in [4.78, 5) is 8.37. The summed E-state index contributed by atoms with van der Waals surface area (Å²) in [5.74, 6) is 1.23. The molecular weight excluding hydrogens is 341 g/mol. The number of nitrogens with zero attached hydrogens (tertiary/aromatic N) is 2. The number of anilines is 1. The Morgan fingerprint density at radius 3 is 2.83 bits per heavy atom. The number of hydrogen-bond acceptors (Lipinski definition) is 4. The number of methoxy groups -OCH3 is 1. The van der Waals surface area contributed by atoms with Crippen molar-refractivity contribution in [3.05, 3.63) is 45.4 Å². The summed E-state index contributed by atoms with van der Waals surface area (Å²) in [5.41, 5.74) is 7.40. The summed E-state index contributed by atoms with van der Waals surface area (Å²) < 4.78 is 6.07. The molecule has 0 unspecified atom stereocenters. The average Bonchev–Trinajstić information content (AvgIpc) is 2.40. The van der Waals surface area contributed by atoms with Gasteiger partial charge in [-0.3, -0.25) is 0 Å². The standard InChI is InChI=1S/C13H12IN3O/c1-18-11-5-3-2-4-9(11)6-7-10-13(15)16-8-12(14)17-10/h2-8H,1H3,(H2,15,16)/b7-6-. The number of aromatic nitrogens is 2. The maximum atomic E-state index is 5.76. The fraction of sp³-hybridized carbons (Fsp3) is 0.0769. The molecule has 0 aliphatic carbocycles. The molecule has 4 nitrogen and oxygen atoms in total. The van der Waals surface area contributed by atoms with Crippen molar-refractivity contribution in [2.45, 2.75) is 0 Å². The SMILES string of the molecule is COc1ccccc1/C=C\c1nc(I)cnc1N. The van der Waals surface area contributed by atoms with E-state index in [1.165, 1.54) is 0 Å². The number of hydrogen-bond donors (Lipinski definition) is 1. The molecule has 0 aliphatic heterocycles. The van der Waals surface area contributed by atoms with Crippen LogP contribution in [-0.4, -0.2) is 17.1 Å². The molecule has 1 aromatic carbocycles. The largest absolute Gasteiger partial charge is 0.496 e. The number of nitrogen functional groups attached to an aromatic ring is 1. The fourth-order valence-electron chi connectivity index (χ4n) is 1.49. The Bertz CT molecular complexity index is 584. The van der Waals surface area contributed by atoms with Gasteiger partial charge in [-0.25, -0.2) is 9.97 Å². The second-order valence-electron chi connectivity index (χ2n) is 3.54. The van der Waals surface area contributed by atoms with Crippen molar-refractivity contribution in [1.29, 1.82) is 0 Å². The first-order valence-electron chi connectivity index (χ1n) is 5.30. The highest BCUT2D eigenvalue weighted by Gasteiger charge is 2.01. The first-order valence-corrected chi connectivity index (χ1v) is 6.37. The summed E-state index contributed by atoms with van der Waals surface area (Å²) in [6.07, 6.45) is 5.38. The van der Waals surface area contributed by atoms with Gasteiger partial charge in [0.05, 0.1) is 13.3 Å². The van der Waals surface area contributed by atoms with Gasteiger partial charge in [0.2, 0.25) is 0 Å². The van der Waals surface area contributed by atoms with Crippen molar-refractivity contribution in [1.82, 2.24) is 9.97 Å². The van der Waals surface area contributed by atoms with Gasteiger partial charge >= 0.3 is 0 Å². The zero-order valence-corrected chi connectivity index (χ0v) is 12.0. The molecule has 18 heavy (non-hydrogen) atoms. The van der Waals surface area contributed by atoms with E-state index in [1.807, 2.05) is 36.4 Å². The van der Waals surface area contributed by atoms with E-state index >= 15 is 0 Å². The van der Waals surface area contributed by atoms with Crippen molar-refractivity contribution in [3.63, 3.8) is 0 Å². The fourth-order valence-corrected chi connectivity index (χ4v) is 1.88. The van der Waals surface area contributed by atoms with Gasteiger partial charge in [-0.05, 0) is 40.8 Å². The average molecular weight is 353 g/mol. The topological polar surface area (TPSA) is 61.0 Å². The number of ether oxygens (including phenoxy) is 1. The third-order valence-electron chi connectivity index (χ3n) is 2.36. The highest BCUT2D eigenvalue weighted by atomic mass is 127. The van der Waals surface area contributed by atoms with Gasteiger partial charge in [-0.1, -0.05) is 18.2 Å². The van der Waals surface area contributed by atoms with Crippen LogP contribution in [0.3, 0.4) is 0 Å². The van der Waals surface area contributed by atoms with Crippen molar-refractivity contribution in [2.75, 3.05) is 12.8 Å². The summed E-state index contributed by atoms with van der Waals surface area (Å²) in [7, 11) is 1.65. The summed E-state index contributed by atoms with van der Waals surface area (Å²) in [6.45, 7) is 0. The lowest BCUT2D eigenvalue weighted by atomic mass is 10.2. The van der Waals surface area contributed by atoms with Crippen LogP contribution in [0.4, 0.5) is 5.82 Å². The molecule has 1 heterocycles. The normalized spacial score (nSPS) is 10.8. The van der Waals surface area contributed by atoms with Gasteiger partial charge in [0, 0.05) is 5.56 Å². The molecule has 0 fully saturated rings. The Hall–Kier alpha value is -1.63. The Morgan fingerprint density at radius 2 is 2.06 bits per heavy atom. The Morgan fingerprint density at radius 1 is 1.28 bits per heavy atom. The van der Waals surface area contributed by atoms with Crippen LogP contribution in [0.5, 0.6) is 5.75 Å². The minimum Gasteiger partial charge on any atom is -0.496 e. The lowest BCUT2D eigenvalue weighted by molar-refractivity contribution is 0.414. The van der Waals surface area contributed by atoms with Crippen LogP contribution in [0.1, 0.15) is 11.3 Å². The third kappa shape index (κ3) is 2.98. The van der Waals surface area contributed by atoms with Crippen LogP contribution in [0, 0.1) is 3.70 Å². The highest BCUT2D eigenvalue weighted by molar-refractivity contribution is 14.1. The Labute approximate surface area is 119 Å². The lowest BCUT2D eigenvalue weighted by Crippen LogP contribution is -1.97. The molecular formula is C13H12IN3O. The number of halogens is 1. The first kappa shape index (κ1) is 12.8. The van der Waals surface area contributed by atoms with Crippen LogP contribution in [-0.2, 0) is 0 Å². The van der Waals surface area contributed by atoms with Crippen molar-refractivity contribution in [3.8, 4) is 5.75 Å². The van der Waals surface area contributed by atoms with E-state index < -0.39 is 0 Å². The molecule has 0 amide bonds. The first-order chi connectivity index (χ1) is 8.70. The second-order valence-corrected chi connectivity index (χ2v) is 4.64. The molecule has 92 valence electrons. The highest BCUT2D eigenvalue weighted by Crippen LogP contribution is 2.20. The molecule has 0 spiro atoms. The van der Waals surface area contributed by atoms with E-state index in [4.69, 9.17) is 10.5 Å². The molecule has 0 radical (unpaired) electrons. The zero-order valence-electron chi connectivity index (χ0n) is 9.80. The van der Waals surface area contributed by atoms with E-state index in [0.717, 1.165) is 15.0 Å². The maximum absolute atomic E-state index is 5.76. The third-order valence-corrected chi connectivity index (χ3v) is 2.88. The molecule has 2 N–H and O–H groups in total. The quantitative estimate of drug-likeness (QED) is 0.862. The number of benzene rings is 1. The minimum absolute atomic E-state index is 0.418. The molecule has 2 aromatic rings. The van der Waals surface area contributed by atoms with Gasteiger partial charge < -0.3 is 10.5 Å². The maximum Gasteiger partial charge on any atom is 0.149 e. The van der Waals surface area contributed by atoms with Gasteiger partial charge in [0.15, 0.2) is 0 Å². The summed E-state index contributed by atoms with van der Waals surface area (Å²) in [5, 5.41) is 0. The predicted octanol–water partition coefficient (Wildman–Crippen LogP) is 2.84. The summed E-state index contributed by atoms with van der Waals surface area (Å²) >= 11 is 2.10. The Kier molecular flexibility index (Phi) is 4.14. The van der Waals surface area contributed by atoms with Crippen LogP contribution in [0.2, 0.25) is 0 Å². The molecule has 5 heteroatoms. The monoisotopic (exact) mass is 353 g/mol. The number of rotatable bonds is 3. The molecule has 0 atom stereocenters. The molecule has 2 rings (SSSR count). The van der Waals surface area contributed by atoms with E-state index in [2.05, 4.69) is 32.6 Å². The number of para-hydroxylation sites is 1. The van der Waals surface area contributed by atoms with Gasteiger partial charge in [0.1, 0.15) is 21.0 Å². The van der Waals surface area contributed by atoms with Crippen LogP contribution in [0.25, 0.3) is 12.2 Å². The van der Waals surface area contributed by atoms with E-state index in [1.54, 1.807) is 13.3 Å². The molecule has 1 aromatic heterocycles. The molecule has 0 aliphatic rings. The van der Waals surface area contributed by atoms with Crippen molar-refractivity contribution >= 4 is 40.6 Å². The molecule has 0 saturated carbocycles. The minimum atomic E-state index is 0.418. The predicted molar refractivity (Wildman–Crippen MR) is 81.1 cm³/mol. The van der Waals surface area contributed by atoms with Crippen LogP contribution >= 0.6 is 22.6 Å². The zero-order chi connectivity index (χ0) is 13.0. The van der Waals surface area contributed by atoms with Crippen molar-refractivity contribution < 1.29 is 4.74 Å². The molecule has 0 bridgehead atoms. The van der Waals surface area contributed by atoms with Gasteiger partial charge in [-0.15, -0.1) is 0 Å².